The number of amides is 2. The number of carbonyl (C=O) groups is 2. The molecule has 2 amide bonds. The Morgan fingerprint density at radius 3 is 2.42 bits per heavy atom. The molecular weight excluding hydrogens is 333 g/mol. The van der Waals surface area contributed by atoms with Crippen LogP contribution in [0.4, 0.5) is 4.39 Å². The predicted molar refractivity (Wildman–Crippen MR) is 94.3 cm³/mol. The van der Waals surface area contributed by atoms with Gasteiger partial charge >= 0.3 is 0 Å². The molecule has 0 aliphatic heterocycles. The number of pyridine rings is 1. The van der Waals surface area contributed by atoms with Crippen LogP contribution in [-0.2, 0) is 15.0 Å². The van der Waals surface area contributed by atoms with E-state index in [4.69, 9.17) is 5.73 Å². The van der Waals surface area contributed by atoms with Gasteiger partial charge in [0.25, 0.3) is 0 Å². The van der Waals surface area contributed by atoms with E-state index in [9.17, 15) is 14.0 Å². The van der Waals surface area contributed by atoms with E-state index in [0.717, 1.165) is 38.3 Å². The summed E-state index contributed by atoms with van der Waals surface area (Å²) < 4.78 is 13.1. The fraction of sp³-hybridized carbons (Fsp3) is 0.650. The summed E-state index contributed by atoms with van der Waals surface area (Å²) in [7, 11) is 0. The van der Waals surface area contributed by atoms with Crippen LogP contribution in [0, 0.1) is 29.0 Å². The first-order valence-electron chi connectivity index (χ1n) is 9.44. The first kappa shape index (κ1) is 17.4. The monoisotopic (exact) mass is 359 g/mol. The number of aromatic nitrogens is 1. The molecule has 1 aromatic rings. The molecule has 1 aromatic heterocycles. The van der Waals surface area contributed by atoms with Crippen LogP contribution >= 0.6 is 0 Å². The van der Waals surface area contributed by atoms with Crippen molar-refractivity contribution in [2.75, 3.05) is 0 Å². The molecule has 0 radical (unpaired) electrons. The maximum atomic E-state index is 13.1. The highest BCUT2D eigenvalue weighted by Gasteiger charge is 2.58. The molecule has 6 heteroatoms. The average molecular weight is 359 g/mol. The molecule has 0 saturated heterocycles. The first-order valence-corrected chi connectivity index (χ1v) is 9.44. The second kappa shape index (κ2) is 5.76. The van der Waals surface area contributed by atoms with Gasteiger partial charge in [-0.2, -0.15) is 0 Å². The lowest BCUT2D eigenvalue weighted by atomic mass is 9.47. The molecule has 5 rings (SSSR count). The number of rotatable bonds is 4. The van der Waals surface area contributed by atoms with E-state index in [1.165, 1.54) is 6.07 Å². The molecule has 5 nitrogen and oxygen atoms in total. The third-order valence-corrected chi connectivity index (χ3v) is 7.03. The van der Waals surface area contributed by atoms with Gasteiger partial charge in [-0.3, -0.25) is 14.6 Å². The highest BCUT2D eigenvalue weighted by molar-refractivity contribution is 5.87. The first-order chi connectivity index (χ1) is 12.2. The molecule has 2 unspecified atom stereocenters. The molecule has 140 valence electrons. The molecule has 4 fully saturated rings. The Labute approximate surface area is 152 Å². The van der Waals surface area contributed by atoms with E-state index in [0.29, 0.717) is 23.4 Å². The van der Waals surface area contributed by atoms with Crippen molar-refractivity contribution in [3.05, 3.63) is 29.8 Å². The summed E-state index contributed by atoms with van der Waals surface area (Å²) in [4.78, 5) is 29.2. The molecule has 3 N–H and O–H groups in total. The van der Waals surface area contributed by atoms with Crippen molar-refractivity contribution in [1.29, 1.82) is 0 Å². The Hall–Kier alpha value is -1.98. The molecule has 2 atom stereocenters. The van der Waals surface area contributed by atoms with Gasteiger partial charge in [-0.1, -0.05) is 0 Å². The predicted octanol–water partition coefficient (Wildman–Crippen LogP) is 2.29. The van der Waals surface area contributed by atoms with Gasteiger partial charge in [0.05, 0.1) is 17.3 Å². The van der Waals surface area contributed by atoms with Crippen LogP contribution in [0.15, 0.2) is 18.3 Å². The molecule has 4 aliphatic carbocycles. The maximum Gasteiger partial charge on any atom is 0.231 e. The van der Waals surface area contributed by atoms with Gasteiger partial charge in [0.1, 0.15) is 5.82 Å². The van der Waals surface area contributed by atoms with E-state index >= 15 is 0 Å². The highest BCUT2D eigenvalue weighted by Crippen LogP contribution is 2.60. The molecule has 4 saturated carbocycles. The van der Waals surface area contributed by atoms with Gasteiger partial charge in [0.15, 0.2) is 0 Å². The van der Waals surface area contributed by atoms with Gasteiger partial charge in [-0.05, 0) is 75.8 Å². The zero-order chi connectivity index (χ0) is 18.7. The normalized spacial score (nSPS) is 35.3. The van der Waals surface area contributed by atoms with Gasteiger partial charge in [-0.15, -0.1) is 0 Å². The van der Waals surface area contributed by atoms with Crippen molar-refractivity contribution in [2.24, 2.45) is 28.9 Å². The SMILES string of the molecule is CC(C)(C(=O)NC1C2CC3CC1CC(C(N)=O)(C3)C2)c1ccc(F)cn1. The lowest BCUT2D eigenvalue weighted by Gasteiger charge is -2.59. The van der Waals surface area contributed by atoms with E-state index < -0.39 is 11.2 Å². The summed E-state index contributed by atoms with van der Waals surface area (Å²) in [5.41, 5.74) is 5.08. The number of nitrogens with one attached hydrogen (secondary N) is 1. The fourth-order valence-electron chi connectivity index (χ4n) is 5.76. The summed E-state index contributed by atoms with van der Waals surface area (Å²) in [6.07, 6.45) is 5.76. The van der Waals surface area contributed by atoms with Crippen LogP contribution in [-0.4, -0.2) is 22.8 Å². The van der Waals surface area contributed by atoms with Crippen LogP contribution in [0.3, 0.4) is 0 Å². The lowest BCUT2D eigenvalue weighted by molar-refractivity contribution is -0.148. The Bertz CT molecular complexity index is 730. The number of carbonyl (C=O) groups excluding carboxylic acids is 2. The second-order valence-electron chi connectivity index (χ2n) is 9.10. The molecule has 4 aliphatic rings. The van der Waals surface area contributed by atoms with Crippen molar-refractivity contribution in [3.63, 3.8) is 0 Å². The van der Waals surface area contributed by atoms with E-state index in [2.05, 4.69) is 10.3 Å². The third kappa shape index (κ3) is 2.61. The molecule has 0 aromatic carbocycles. The molecule has 1 heterocycles. The minimum absolute atomic E-state index is 0.0891. The van der Waals surface area contributed by atoms with Crippen LogP contribution < -0.4 is 11.1 Å². The molecule has 0 spiro atoms. The average Bonchev–Trinajstić information content (AvgIpc) is 2.57. The molecule has 26 heavy (non-hydrogen) atoms. The van der Waals surface area contributed by atoms with Crippen molar-refractivity contribution < 1.29 is 14.0 Å². The summed E-state index contributed by atoms with van der Waals surface area (Å²) in [5, 5.41) is 3.25. The van der Waals surface area contributed by atoms with Crippen molar-refractivity contribution in [3.8, 4) is 0 Å². The van der Waals surface area contributed by atoms with E-state index in [-0.39, 0.29) is 23.3 Å². The summed E-state index contributed by atoms with van der Waals surface area (Å²) in [6, 6.07) is 2.98. The van der Waals surface area contributed by atoms with Crippen molar-refractivity contribution in [1.82, 2.24) is 10.3 Å². The molecule has 4 bridgehead atoms. The van der Waals surface area contributed by atoms with Crippen LogP contribution in [0.2, 0.25) is 0 Å². The zero-order valence-corrected chi connectivity index (χ0v) is 15.3. The molecular formula is C20H26FN3O2. The topological polar surface area (TPSA) is 85.1 Å². The Morgan fingerprint density at radius 2 is 1.88 bits per heavy atom. The van der Waals surface area contributed by atoms with Crippen LogP contribution in [0.1, 0.15) is 51.6 Å². The minimum Gasteiger partial charge on any atom is -0.369 e. The Balaban J connectivity index is 1.52. The Kier molecular flexibility index (Phi) is 3.86. The number of nitrogens with two attached hydrogens (primary N) is 1. The number of hydrogen-bond acceptors (Lipinski definition) is 3. The standard InChI is InChI=1S/C20H26FN3O2/c1-19(2,15-4-3-14(21)10-23-15)18(26)24-16-12-5-11-6-13(16)9-20(7-11,8-12)17(22)25/h3-4,10-13,16H,5-9H2,1-2H3,(H2,22,25)(H,24,26). The van der Waals surface area contributed by atoms with Gasteiger partial charge < -0.3 is 11.1 Å². The number of primary amides is 1. The second-order valence-corrected chi connectivity index (χ2v) is 9.10. The summed E-state index contributed by atoms with van der Waals surface area (Å²) >= 11 is 0. The van der Waals surface area contributed by atoms with Gasteiger partial charge in [0.2, 0.25) is 11.8 Å². The number of halogens is 1. The van der Waals surface area contributed by atoms with Crippen LogP contribution in [0.5, 0.6) is 0 Å². The maximum absolute atomic E-state index is 13.1. The van der Waals surface area contributed by atoms with Crippen molar-refractivity contribution >= 4 is 11.8 Å². The zero-order valence-electron chi connectivity index (χ0n) is 15.3. The fourth-order valence-corrected chi connectivity index (χ4v) is 5.76. The van der Waals surface area contributed by atoms with Gasteiger partial charge in [0, 0.05) is 11.5 Å². The number of nitrogens with zero attached hydrogens (tertiary/aromatic N) is 1. The van der Waals surface area contributed by atoms with E-state index in [1.54, 1.807) is 6.07 Å². The largest absolute Gasteiger partial charge is 0.369 e. The minimum atomic E-state index is -0.844. The summed E-state index contributed by atoms with van der Waals surface area (Å²) in [6.45, 7) is 3.62. The number of hydrogen-bond donors (Lipinski definition) is 2. The van der Waals surface area contributed by atoms with Gasteiger partial charge in [-0.25, -0.2) is 4.39 Å². The lowest BCUT2D eigenvalue weighted by Crippen LogP contribution is -2.63. The highest BCUT2D eigenvalue weighted by atomic mass is 19.1. The quantitative estimate of drug-likeness (QED) is 0.865. The Morgan fingerprint density at radius 1 is 1.23 bits per heavy atom. The summed E-state index contributed by atoms with van der Waals surface area (Å²) in [5.74, 6) is 0.506. The third-order valence-electron chi connectivity index (χ3n) is 7.03. The van der Waals surface area contributed by atoms with Crippen LogP contribution in [0.25, 0.3) is 0 Å². The van der Waals surface area contributed by atoms with E-state index in [1.807, 2.05) is 13.8 Å². The smallest absolute Gasteiger partial charge is 0.231 e. The van der Waals surface area contributed by atoms with Crippen molar-refractivity contribution in [2.45, 2.75) is 57.4 Å².